The average Bonchev–Trinajstić information content (AvgIpc) is 2.95. The standard InChI is InChI=1S/C15H18N4O2/c1-2-21-15-12(4-3-7-17-15)14(20)18-11-5-6-13-16-8-9-19(13)10-11/h3-4,7-9,11H,2,5-6,10H2,1H3,(H,18,20)/t11-/m1/s1. The first-order valence-corrected chi connectivity index (χ1v) is 7.16. The molecular formula is C15H18N4O2. The first-order valence-electron chi connectivity index (χ1n) is 7.16. The third kappa shape index (κ3) is 2.89. The molecule has 1 atom stereocenters. The molecule has 1 amide bonds. The molecule has 2 aromatic heterocycles. The fraction of sp³-hybridized carbons (Fsp3) is 0.400. The maximum absolute atomic E-state index is 12.4. The smallest absolute Gasteiger partial charge is 0.257 e. The molecule has 110 valence electrons. The van der Waals surface area contributed by atoms with Crippen LogP contribution in [0.5, 0.6) is 5.88 Å². The number of amides is 1. The van der Waals surface area contributed by atoms with Crippen molar-refractivity contribution >= 4 is 5.91 Å². The zero-order valence-corrected chi connectivity index (χ0v) is 12.0. The van der Waals surface area contributed by atoms with E-state index in [0.717, 1.165) is 25.2 Å². The van der Waals surface area contributed by atoms with Crippen molar-refractivity contribution in [3.8, 4) is 5.88 Å². The summed E-state index contributed by atoms with van der Waals surface area (Å²) in [6.45, 7) is 3.11. The van der Waals surface area contributed by atoms with Gasteiger partial charge in [0.25, 0.3) is 5.91 Å². The second kappa shape index (κ2) is 5.95. The summed E-state index contributed by atoms with van der Waals surface area (Å²) < 4.78 is 7.49. The monoisotopic (exact) mass is 286 g/mol. The second-order valence-electron chi connectivity index (χ2n) is 4.99. The number of ether oxygens (including phenoxy) is 1. The molecule has 3 rings (SSSR count). The van der Waals surface area contributed by atoms with Crippen LogP contribution in [0.25, 0.3) is 0 Å². The molecule has 0 fully saturated rings. The fourth-order valence-electron chi connectivity index (χ4n) is 2.56. The number of aromatic nitrogens is 3. The van der Waals surface area contributed by atoms with Crippen LogP contribution >= 0.6 is 0 Å². The Bertz CT molecular complexity index is 638. The predicted octanol–water partition coefficient (Wildman–Crippen LogP) is 1.42. The van der Waals surface area contributed by atoms with E-state index in [1.807, 2.05) is 13.1 Å². The highest BCUT2D eigenvalue weighted by Gasteiger charge is 2.22. The molecule has 6 heteroatoms. The predicted molar refractivity (Wildman–Crippen MR) is 77.2 cm³/mol. The number of nitrogens with one attached hydrogen (secondary N) is 1. The van der Waals surface area contributed by atoms with Crippen LogP contribution in [-0.4, -0.2) is 33.1 Å². The summed E-state index contributed by atoms with van der Waals surface area (Å²) >= 11 is 0. The van der Waals surface area contributed by atoms with Crippen LogP contribution in [0.1, 0.15) is 29.5 Å². The van der Waals surface area contributed by atoms with Gasteiger partial charge in [-0.25, -0.2) is 9.97 Å². The Morgan fingerprint density at radius 3 is 3.24 bits per heavy atom. The van der Waals surface area contributed by atoms with E-state index in [1.54, 1.807) is 24.5 Å². The molecule has 0 saturated heterocycles. The van der Waals surface area contributed by atoms with E-state index in [0.29, 0.717) is 18.1 Å². The minimum Gasteiger partial charge on any atom is -0.477 e. The Morgan fingerprint density at radius 2 is 2.38 bits per heavy atom. The molecule has 3 heterocycles. The van der Waals surface area contributed by atoms with Gasteiger partial charge in [0.05, 0.1) is 6.61 Å². The van der Waals surface area contributed by atoms with Crippen molar-refractivity contribution in [3.63, 3.8) is 0 Å². The number of nitrogens with zero attached hydrogens (tertiary/aromatic N) is 3. The summed E-state index contributed by atoms with van der Waals surface area (Å²) in [5.41, 5.74) is 0.482. The van der Waals surface area contributed by atoms with Gasteiger partial charge in [0.2, 0.25) is 5.88 Å². The first-order chi connectivity index (χ1) is 10.3. The van der Waals surface area contributed by atoms with Crippen LogP contribution in [-0.2, 0) is 13.0 Å². The summed E-state index contributed by atoms with van der Waals surface area (Å²) in [6.07, 6.45) is 7.15. The number of carbonyl (C=O) groups excluding carboxylic acids is 1. The van der Waals surface area contributed by atoms with Gasteiger partial charge in [0.15, 0.2) is 0 Å². The Morgan fingerprint density at radius 1 is 1.48 bits per heavy atom. The molecule has 2 aromatic rings. The number of carbonyl (C=O) groups is 1. The SMILES string of the molecule is CCOc1ncccc1C(=O)N[C@@H]1CCc2nccn2C1. The van der Waals surface area contributed by atoms with Crippen molar-refractivity contribution < 1.29 is 9.53 Å². The van der Waals surface area contributed by atoms with E-state index in [9.17, 15) is 4.79 Å². The van der Waals surface area contributed by atoms with Crippen molar-refractivity contribution in [3.05, 3.63) is 42.1 Å². The average molecular weight is 286 g/mol. The van der Waals surface area contributed by atoms with Crippen molar-refractivity contribution in [1.29, 1.82) is 0 Å². The zero-order valence-electron chi connectivity index (χ0n) is 12.0. The molecule has 0 radical (unpaired) electrons. The summed E-state index contributed by atoms with van der Waals surface area (Å²) in [7, 11) is 0. The highest BCUT2D eigenvalue weighted by atomic mass is 16.5. The summed E-state index contributed by atoms with van der Waals surface area (Å²) in [5.74, 6) is 1.33. The molecule has 1 aliphatic heterocycles. The quantitative estimate of drug-likeness (QED) is 0.923. The molecule has 0 spiro atoms. The molecule has 0 unspecified atom stereocenters. The van der Waals surface area contributed by atoms with Crippen molar-refractivity contribution in [2.24, 2.45) is 0 Å². The number of pyridine rings is 1. The van der Waals surface area contributed by atoms with Crippen molar-refractivity contribution in [1.82, 2.24) is 19.9 Å². The Labute approximate surface area is 123 Å². The van der Waals surface area contributed by atoms with Gasteiger partial charge in [-0.3, -0.25) is 4.79 Å². The molecule has 0 saturated carbocycles. The van der Waals surface area contributed by atoms with Gasteiger partial charge in [0.1, 0.15) is 11.4 Å². The lowest BCUT2D eigenvalue weighted by molar-refractivity contribution is 0.0923. The largest absolute Gasteiger partial charge is 0.477 e. The highest BCUT2D eigenvalue weighted by molar-refractivity contribution is 5.96. The van der Waals surface area contributed by atoms with Crippen molar-refractivity contribution in [2.75, 3.05) is 6.61 Å². The van der Waals surface area contributed by atoms with Crippen LogP contribution < -0.4 is 10.1 Å². The zero-order chi connectivity index (χ0) is 14.7. The van der Waals surface area contributed by atoms with Gasteiger partial charge < -0.3 is 14.6 Å². The van der Waals surface area contributed by atoms with Crippen molar-refractivity contribution in [2.45, 2.75) is 32.4 Å². The molecule has 1 N–H and O–H groups in total. The Kier molecular flexibility index (Phi) is 3.85. The van der Waals surface area contributed by atoms with Crippen LogP contribution in [0.2, 0.25) is 0 Å². The van der Waals surface area contributed by atoms with E-state index in [-0.39, 0.29) is 11.9 Å². The minimum absolute atomic E-state index is 0.105. The first kappa shape index (κ1) is 13.6. The molecule has 6 nitrogen and oxygen atoms in total. The molecule has 0 bridgehead atoms. The third-order valence-corrected chi connectivity index (χ3v) is 3.57. The number of imidazole rings is 1. The normalized spacial score (nSPS) is 17.1. The molecule has 21 heavy (non-hydrogen) atoms. The van der Waals surface area contributed by atoms with Gasteiger partial charge in [-0.05, 0) is 25.5 Å². The lowest BCUT2D eigenvalue weighted by Crippen LogP contribution is -2.41. The van der Waals surface area contributed by atoms with Crippen LogP contribution in [0, 0.1) is 0 Å². The van der Waals surface area contributed by atoms with E-state index < -0.39 is 0 Å². The van der Waals surface area contributed by atoms with Gasteiger partial charge >= 0.3 is 0 Å². The molecule has 1 aliphatic rings. The second-order valence-corrected chi connectivity index (χ2v) is 4.99. The van der Waals surface area contributed by atoms with Gasteiger partial charge in [-0.2, -0.15) is 0 Å². The van der Waals surface area contributed by atoms with Crippen LogP contribution in [0.4, 0.5) is 0 Å². The Balaban J connectivity index is 1.70. The fourth-order valence-corrected chi connectivity index (χ4v) is 2.56. The summed E-state index contributed by atoms with van der Waals surface area (Å²) in [6, 6.07) is 3.58. The maximum atomic E-state index is 12.4. The number of hydrogen-bond acceptors (Lipinski definition) is 4. The lowest BCUT2D eigenvalue weighted by Gasteiger charge is -2.25. The van der Waals surface area contributed by atoms with Crippen LogP contribution in [0.15, 0.2) is 30.7 Å². The van der Waals surface area contributed by atoms with E-state index in [1.165, 1.54) is 0 Å². The van der Waals surface area contributed by atoms with Crippen LogP contribution in [0.3, 0.4) is 0 Å². The molecular weight excluding hydrogens is 268 g/mol. The molecule has 0 aliphatic carbocycles. The van der Waals surface area contributed by atoms with Gasteiger partial charge in [0, 0.05) is 37.6 Å². The topological polar surface area (TPSA) is 69.0 Å². The maximum Gasteiger partial charge on any atom is 0.257 e. The lowest BCUT2D eigenvalue weighted by atomic mass is 10.1. The number of hydrogen-bond donors (Lipinski definition) is 1. The van der Waals surface area contributed by atoms with Gasteiger partial charge in [-0.1, -0.05) is 0 Å². The molecule has 0 aromatic carbocycles. The van der Waals surface area contributed by atoms with E-state index in [4.69, 9.17) is 4.74 Å². The summed E-state index contributed by atoms with van der Waals surface area (Å²) in [4.78, 5) is 20.8. The van der Waals surface area contributed by atoms with E-state index in [2.05, 4.69) is 19.9 Å². The minimum atomic E-state index is -0.139. The number of fused-ring (bicyclic) bond motifs is 1. The Hall–Kier alpha value is -2.37. The summed E-state index contributed by atoms with van der Waals surface area (Å²) in [5, 5.41) is 3.06. The third-order valence-electron chi connectivity index (χ3n) is 3.57. The number of aryl methyl sites for hydroxylation is 1. The van der Waals surface area contributed by atoms with E-state index >= 15 is 0 Å². The number of rotatable bonds is 4. The van der Waals surface area contributed by atoms with Gasteiger partial charge in [-0.15, -0.1) is 0 Å². The highest BCUT2D eigenvalue weighted by Crippen LogP contribution is 2.17.